The Morgan fingerprint density at radius 2 is 2.22 bits per heavy atom. The average Bonchev–Trinajstić information content (AvgIpc) is 2.96. The molecule has 1 aromatic carbocycles. The molecule has 0 atom stereocenters. The highest BCUT2D eigenvalue weighted by Crippen LogP contribution is 2.21. The lowest BCUT2D eigenvalue weighted by molar-refractivity contribution is 0.102. The molecule has 18 heavy (non-hydrogen) atoms. The van der Waals surface area contributed by atoms with Gasteiger partial charge < -0.3 is 10.3 Å². The molecular formula is C13H11N3OS. The summed E-state index contributed by atoms with van der Waals surface area (Å²) >= 11 is 1.56. The predicted molar refractivity (Wildman–Crippen MR) is 73.1 cm³/mol. The van der Waals surface area contributed by atoms with Crippen LogP contribution in [0.5, 0.6) is 0 Å². The van der Waals surface area contributed by atoms with Crippen LogP contribution in [0.2, 0.25) is 0 Å². The highest BCUT2D eigenvalue weighted by Gasteiger charge is 2.08. The molecule has 0 fully saturated rings. The monoisotopic (exact) mass is 257 g/mol. The van der Waals surface area contributed by atoms with E-state index >= 15 is 0 Å². The predicted octanol–water partition coefficient (Wildman–Crippen LogP) is 3.19. The Balaban J connectivity index is 1.87. The van der Waals surface area contributed by atoms with Crippen molar-refractivity contribution in [3.05, 3.63) is 47.1 Å². The molecule has 0 aliphatic heterocycles. The van der Waals surface area contributed by atoms with E-state index in [0.717, 1.165) is 16.0 Å². The smallest absolute Gasteiger partial charge is 0.256 e. The van der Waals surface area contributed by atoms with E-state index in [1.54, 1.807) is 29.8 Å². The molecule has 0 saturated carbocycles. The van der Waals surface area contributed by atoms with E-state index in [1.165, 1.54) is 4.88 Å². The molecule has 3 rings (SSSR count). The number of aromatic nitrogens is 2. The van der Waals surface area contributed by atoms with Gasteiger partial charge in [-0.15, -0.1) is 11.3 Å². The van der Waals surface area contributed by atoms with Crippen molar-refractivity contribution >= 4 is 33.3 Å². The van der Waals surface area contributed by atoms with Crippen LogP contribution in [0.4, 0.5) is 5.00 Å². The van der Waals surface area contributed by atoms with Gasteiger partial charge in [0.05, 0.1) is 22.4 Å². The van der Waals surface area contributed by atoms with Crippen LogP contribution in [-0.2, 0) is 0 Å². The van der Waals surface area contributed by atoms with Gasteiger partial charge in [-0.1, -0.05) is 0 Å². The largest absolute Gasteiger partial charge is 0.345 e. The summed E-state index contributed by atoms with van der Waals surface area (Å²) in [6.07, 6.45) is 1.62. The lowest BCUT2D eigenvalue weighted by Gasteiger charge is -2.02. The minimum Gasteiger partial charge on any atom is -0.345 e. The van der Waals surface area contributed by atoms with E-state index < -0.39 is 0 Å². The molecule has 0 aliphatic rings. The van der Waals surface area contributed by atoms with Crippen molar-refractivity contribution in [1.29, 1.82) is 0 Å². The molecule has 2 heterocycles. The number of imidazole rings is 1. The van der Waals surface area contributed by atoms with Crippen molar-refractivity contribution in [2.45, 2.75) is 6.92 Å². The summed E-state index contributed by atoms with van der Waals surface area (Å²) < 4.78 is 0. The highest BCUT2D eigenvalue weighted by molar-refractivity contribution is 7.16. The Labute approximate surface area is 108 Å². The van der Waals surface area contributed by atoms with E-state index in [0.29, 0.717) is 5.56 Å². The molecule has 4 nitrogen and oxygen atoms in total. The van der Waals surface area contributed by atoms with Gasteiger partial charge in [0.2, 0.25) is 0 Å². The zero-order chi connectivity index (χ0) is 12.5. The fourth-order valence-electron chi connectivity index (χ4n) is 1.76. The van der Waals surface area contributed by atoms with Crippen LogP contribution in [0.1, 0.15) is 15.2 Å². The number of fused-ring (bicyclic) bond motifs is 1. The number of thiophene rings is 1. The Bertz CT molecular complexity index is 714. The molecule has 3 aromatic rings. The van der Waals surface area contributed by atoms with Gasteiger partial charge in [-0.05, 0) is 37.3 Å². The third-order valence-electron chi connectivity index (χ3n) is 2.66. The molecule has 0 unspecified atom stereocenters. The number of aryl methyl sites for hydroxylation is 1. The quantitative estimate of drug-likeness (QED) is 0.740. The van der Waals surface area contributed by atoms with Crippen molar-refractivity contribution in [3.63, 3.8) is 0 Å². The Morgan fingerprint density at radius 1 is 1.33 bits per heavy atom. The molecule has 0 bridgehead atoms. The first kappa shape index (κ1) is 11.0. The number of hydrogen-bond donors (Lipinski definition) is 2. The van der Waals surface area contributed by atoms with Gasteiger partial charge in [-0.3, -0.25) is 4.79 Å². The first-order chi connectivity index (χ1) is 8.72. The lowest BCUT2D eigenvalue weighted by Crippen LogP contribution is -2.10. The number of benzene rings is 1. The minimum absolute atomic E-state index is 0.109. The highest BCUT2D eigenvalue weighted by atomic mass is 32.1. The summed E-state index contributed by atoms with van der Waals surface area (Å²) in [7, 11) is 0. The summed E-state index contributed by atoms with van der Waals surface area (Å²) in [4.78, 5) is 20.4. The molecule has 0 radical (unpaired) electrons. The molecule has 0 spiro atoms. The number of hydrogen-bond acceptors (Lipinski definition) is 3. The maximum Gasteiger partial charge on any atom is 0.256 e. The average molecular weight is 257 g/mol. The van der Waals surface area contributed by atoms with E-state index in [4.69, 9.17) is 0 Å². The maximum absolute atomic E-state index is 12.0. The number of rotatable bonds is 2. The number of nitrogens with one attached hydrogen (secondary N) is 2. The van der Waals surface area contributed by atoms with Gasteiger partial charge in [0, 0.05) is 10.4 Å². The fraction of sp³-hybridized carbons (Fsp3) is 0.0769. The first-order valence-corrected chi connectivity index (χ1v) is 6.35. The van der Waals surface area contributed by atoms with Crippen LogP contribution >= 0.6 is 11.3 Å². The summed E-state index contributed by atoms with van der Waals surface area (Å²) in [5.41, 5.74) is 2.34. The van der Waals surface area contributed by atoms with Gasteiger partial charge in [-0.25, -0.2) is 4.98 Å². The number of carbonyl (C=O) groups excluding carboxylic acids is 1. The number of aromatic amines is 1. The third kappa shape index (κ3) is 2.00. The second-order valence-corrected chi connectivity index (χ2v) is 5.29. The molecule has 0 aliphatic carbocycles. The lowest BCUT2D eigenvalue weighted by atomic mass is 10.2. The SMILES string of the molecule is Cc1ccc(NC(=O)c2ccc3[nH]cnc3c2)s1. The Kier molecular flexibility index (Phi) is 2.60. The van der Waals surface area contributed by atoms with Crippen LogP contribution in [0.15, 0.2) is 36.7 Å². The topological polar surface area (TPSA) is 57.8 Å². The normalized spacial score (nSPS) is 10.7. The third-order valence-corrected chi connectivity index (χ3v) is 3.58. The van der Waals surface area contributed by atoms with Crippen molar-refractivity contribution < 1.29 is 4.79 Å². The van der Waals surface area contributed by atoms with Gasteiger partial charge in [-0.2, -0.15) is 0 Å². The van der Waals surface area contributed by atoms with Crippen molar-refractivity contribution in [2.24, 2.45) is 0 Å². The molecule has 2 aromatic heterocycles. The number of H-pyrrole nitrogens is 1. The Morgan fingerprint density at radius 3 is 3.00 bits per heavy atom. The van der Waals surface area contributed by atoms with Crippen molar-refractivity contribution in [2.75, 3.05) is 5.32 Å². The second kappa shape index (κ2) is 4.27. The maximum atomic E-state index is 12.0. The van der Waals surface area contributed by atoms with Crippen LogP contribution in [-0.4, -0.2) is 15.9 Å². The summed E-state index contributed by atoms with van der Waals surface area (Å²) in [6.45, 7) is 2.01. The van der Waals surface area contributed by atoms with E-state index in [2.05, 4.69) is 15.3 Å². The van der Waals surface area contributed by atoms with Crippen LogP contribution in [0, 0.1) is 6.92 Å². The molecule has 5 heteroatoms. The fourth-order valence-corrected chi connectivity index (χ4v) is 2.52. The molecular weight excluding hydrogens is 246 g/mol. The zero-order valence-corrected chi connectivity index (χ0v) is 10.5. The van der Waals surface area contributed by atoms with Crippen molar-refractivity contribution in [1.82, 2.24) is 9.97 Å². The number of amides is 1. The van der Waals surface area contributed by atoms with E-state index in [1.807, 2.05) is 25.1 Å². The number of nitrogens with zero attached hydrogens (tertiary/aromatic N) is 1. The summed E-state index contributed by atoms with van der Waals surface area (Å²) in [6, 6.07) is 9.32. The van der Waals surface area contributed by atoms with Crippen LogP contribution in [0.3, 0.4) is 0 Å². The van der Waals surface area contributed by atoms with E-state index in [-0.39, 0.29) is 5.91 Å². The van der Waals surface area contributed by atoms with Crippen molar-refractivity contribution in [3.8, 4) is 0 Å². The number of anilines is 1. The van der Waals surface area contributed by atoms with Crippen LogP contribution < -0.4 is 5.32 Å². The number of carbonyl (C=O) groups is 1. The van der Waals surface area contributed by atoms with Gasteiger partial charge in [0.25, 0.3) is 5.91 Å². The molecule has 90 valence electrons. The van der Waals surface area contributed by atoms with E-state index in [9.17, 15) is 4.79 Å². The molecule has 0 saturated heterocycles. The molecule has 1 amide bonds. The van der Waals surface area contributed by atoms with Crippen LogP contribution in [0.25, 0.3) is 11.0 Å². The minimum atomic E-state index is -0.109. The Hall–Kier alpha value is -2.14. The standard InChI is InChI=1S/C13H11N3OS/c1-8-2-5-12(18-8)16-13(17)9-3-4-10-11(6-9)15-7-14-10/h2-7H,1H3,(H,14,15)(H,16,17). The zero-order valence-electron chi connectivity index (χ0n) is 9.73. The van der Waals surface area contributed by atoms with Gasteiger partial charge in [0.1, 0.15) is 0 Å². The first-order valence-electron chi connectivity index (χ1n) is 5.53. The second-order valence-electron chi connectivity index (χ2n) is 4.00. The molecule has 2 N–H and O–H groups in total. The summed E-state index contributed by atoms with van der Waals surface area (Å²) in [5.74, 6) is -0.109. The van der Waals surface area contributed by atoms with Gasteiger partial charge in [0.15, 0.2) is 0 Å². The van der Waals surface area contributed by atoms with Gasteiger partial charge >= 0.3 is 0 Å². The summed E-state index contributed by atoms with van der Waals surface area (Å²) in [5, 5.41) is 3.74.